The number of nitrogens with one attached hydrogen (secondary N) is 1. The molecule has 1 N–H and O–H groups in total. The molecule has 4 aromatic rings. The lowest BCUT2D eigenvalue weighted by molar-refractivity contribution is -0.152. The second-order valence-corrected chi connectivity index (χ2v) is 9.86. The zero-order chi connectivity index (χ0) is 28.3. The van der Waals surface area contributed by atoms with E-state index in [-0.39, 0.29) is 19.1 Å². The Morgan fingerprint density at radius 2 is 1.57 bits per heavy atom. The van der Waals surface area contributed by atoms with Gasteiger partial charge in [-0.05, 0) is 39.8 Å². The molecule has 0 saturated heterocycles. The lowest BCUT2D eigenvalue weighted by Crippen LogP contribution is -2.48. The Balaban J connectivity index is 1.56. The number of H-pyrrole nitrogens is 1. The molecule has 208 valence electrons. The van der Waals surface area contributed by atoms with E-state index in [1.54, 1.807) is 0 Å². The number of ether oxygens (including phenoxy) is 2. The van der Waals surface area contributed by atoms with Crippen molar-refractivity contribution < 1.29 is 19.1 Å². The quantitative estimate of drug-likeness (QED) is 0.172. The maximum Gasteiger partial charge on any atom is 0.410 e. The highest BCUT2D eigenvalue weighted by molar-refractivity contribution is 5.82. The zero-order valence-electron chi connectivity index (χ0n) is 23.1. The van der Waals surface area contributed by atoms with Crippen LogP contribution in [0.1, 0.15) is 44.7 Å². The topological polar surface area (TPSA) is 110 Å². The lowest BCUT2D eigenvalue weighted by Gasteiger charge is -2.32. The van der Waals surface area contributed by atoms with Gasteiger partial charge in [0.2, 0.25) is 5.82 Å². The molecule has 0 aliphatic rings. The van der Waals surface area contributed by atoms with Crippen molar-refractivity contribution in [1.29, 1.82) is 0 Å². The van der Waals surface area contributed by atoms with E-state index in [1.165, 1.54) is 4.90 Å². The van der Waals surface area contributed by atoms with Crippen LogP contribution in [0.4, 0.5) is 4.79 Å². The summed E-state index contributed by atoms with van der Waals surface area (Å²) in [5.74, 6) is -0.144. The van der Waals surface area contributed by atoms with E-state index in [9.17, 15) is 9.59 Å². The molecule has 9 nitrogen and oxygen atoms in total. The number of unbranched alkanes of at least 4 members (excludes halogenated alkanes) is 1. The number of aromatic nitrogens is 4. The van der Waals surface area contributed by atoms with E-state index >= 15 is 0 Å². The van der Waals surface area contributed by atoms with Crippen molar-refractivity contribution in [3.63, 3.8) is 0 Å². The van der Waals surface area contributed by atoms with E-state index in [2.05, 4.69) is 20.6 Å². The van der Waals surface area contributed by atoms with Gasteiger partial charge in [-0.15, -0.1) is 10.2 Å². The van der Waals surface area contributed by atoms with E-state index in [0.29, 0.717) is 12.4 Å². The van der Waals surface area contributed by atoms with Crippen molar-refractivity contribution in [2.75, 3.05) is 6.61 Å². The second-order valence-electron chi connectivity index (χ2n) is 9.86. The van der Waals surface area contributed by atoms with Crippen LogP contribution in [0.5, 0.6) is 0 Å². The molecule has 0 saturated carbocycles. The average molecular weight is 542 g/mol. The largest absolute Gasteiger partial charge is 0.459 e. The van der Waals surface area contributed by atoms with Crippen molar-refractivity contribution in [1.82, 2.24) is 25.5 Å². The summed E-state index contributed by atoms with van der Waals surface area (Å²) >= 11 is 0. The van der Waals surface area contributed by atoms with Gasteiger partial charge in [-0.2, -0.15) is 5.21 Å². The van der Waals surface area contributed by atoms with E-state index < -0.39 is 18.1 Å². The predicted molar refractivity (Wildman–Crippen MR) is 152 cm³/mol. The first kappa shape index (κ1) is 28.5. The summed E-state index contributed by atoms with van der Waals surface area (Å²) in [6, 6.07) is 24.3. The van der Waals surface area contributed by atoms with Gasteiger partial charge in [-0.1, -0.05) is 106 Å². The summed E-state index contributed by atoms with van der Waals surface area (Å²) < 4.78 is 11.2. The molecule has 0 spiro atoms. The number of nitrogens with zero attached hydrogens (tertiary/aromatic N) is 4. The van der Waals surface area contributed by atoms with Gasteiger partial charge in [0.1, 0.15) is 12.6 Å². The van der Waals surface area contributed by atoms with Gasteiger partial charge in [0.25, 0.3) is 0 Å². The zero-order valence-corrected chi connectivity index (χ0v) is 23.1. The summed E-state index contributed by atoms with van der Waals surface area (Å²) in [6.07, 6.45) is 1.11. The Morgan fingerprint density at radius 3 is 2.23 bits per heavy atom. The van der Waals surface area contributed by atoms with Crippen molar-refractivity contribution >= 4 is 12.1 Å². The summed E-state index contributed by atoms with van der Waals surface area (Å²) in [5, 5.41) is 14.4. The van der Waals surface area contributed by atoms with E-state index in [1.807, 2.05) is 99.6 Å². The summed E-state index contributed by atoms with van der Waals surface area (Å²) in [4.78, 5) is 28.1. The maximum absolute atomic E-state index is 13.3. The molecule has 40 heavy (non-hydrogen) atoms. The number of esters is 1. The third kappa shape index (κ3) is 7.31. The molecule has 1 heterocycles. The van der Waals surface area contributed by atoms with Gasteiger partial charge in [-0.3, -0.25) is 4.90 Å². The number of hydrogen-bond donors (Lipinski definition) is 1. The maximum atomic E-state index is 13.3. The number of carbonyl (C=O) groups excluding carboxylic acids is 2. The van der Waals surface area contributed by atoms with Crippen LogP contribution in [-0.2, 0) is 27.4 Å². The minimum absolute atomic E-state index is 0.135. The molecule has 0 radical (unpaired) electrons. The number of rotatable bonds is 12. The molecule has 0 fully saturated rings. The van der Waals surface area contributed by atoms with Gasteiger partial charge in [-0.25, -0.2) is 9.59 Å². The molecule has 0 bridgehead atoms. The van der Waals surface area contributed by atoms with Gasteiger partial charge < -0.3 is 9.47 Å². The van der Waals surface area contributed by atoms with Gasteiger partial charge in [0, 0.05) is 12.1 Å². The van der Waals surface area contributed by atoms with Crippen LogP contribution in [0, 0.1) is 5.92 Å². The Bertz CT molecular complexity index is 1360. The summed E-state index contributed by atoms with van der Waals surface area (Å²) in [6.45, 7) is 6.46. The molecule has 4 rings (SSSR count). The average Bonchev–Trinajstić information content (AvgIpc) is 3.52. The highest BCUT2D eigenvalue weighted by Gasteiger charge is 2.35. The van der Waals surface area contributed by atoms with Crippen LogP contribution < -0.4 is 0 Å². The summed E-state index contributed by atoms with van der Waals surface area (Å²) in [7, 11) is 0. The highest BCUT2D eigenvalue weighted by atomic mass is 16.6. The van der Waals surface area contributed by atoms with Crippen molar-refractivity contribution in [3.8, 4) is 22.5 Å². The third-order valence-electron chi connectivity index (χ3n) is 6.52. The van der Waals surface area contributed by atoms with E-state index in [4.69, 9.17) is 9.47 Å². The first-order valence-electron chi connectivity index (χ1n) is 13.5. The fourth-order valence-electron chi connectivity index (χ4n) is 4.43. The fraction of sp³-hybridized carbons (Fsp3) is 0.323. The first-order chi connectivity index (χ1) is 19.5. The molecule has 1 atom stereocenters. The van der Waals surface area contributed by atoms with Crippen molar-refractivity contribution in [2.24, 2.45) is 5.92 Å². The molecule has 0 unspecified atom stereocenters. The van der Waals surface area contributed by atoms with Crippen LogP contribution in [-0.4, -0.2) is 50.2 Å². The Hall–Kier alpha value is -4.53. The van der Waals surface area contributed by atoms with Crippen LogP contribution >= 0.6 is 0 Å². The molecule has 9 heteroatoms. The summed E-state index contributed by atoms with van der Waals surface area (Å²) in [5.41, 5.74) is 4.51. The molecular formula is C31H35N5O4. The monoisotopic (exact) mass is 541 g/mol. The standard InChI is InChI=1S/C31H35N5O4/c1-4-5-19-39-31(38)36(28(22(2)3)30(37)40-21-24-11-7-6-8-12-24)20-23-15-17-25(18-16-23)26-13-9-10-14-27(26)29-32-34-35-33-29/h6-18,22,28H,4-5,19-21H2,1-3H3,(H,32,33,34,35)/t28-/m0/s1. The van der Waals surface area contributed by atoms with Crippen molar-refractivity contribution in [3.05, 3.63) is 90.0 Å². The smallest absolute Gasteiger partial charge is 0.410 e. The number of hydrogen-bond acceptors (Lipinski definition) is 7. The fourth-order valence-corrected chi connectivity index (χ4v) is 4.43. The molecule has 0 aliphatic heterocycles. The number of aromatic amines is 1. The molecule has 1 amide bonds. The van der Waals surface area contributed by atoms with Crippen molar-refractivity contribution in [2.45, 2.75) is 52.8 Å². The van der Waals surface area contributed by atoms with Crippen LogP contribution in [0.3, 0.4) is 0 Å². The number of carbonyl (C=O) groups is 2. The lowest BCUT2D eigenvalue weighted by atomic mass is 9.97. The minimum Gasteiger partial charge on any atom is -0.459 e. The SMILES string of the molecule is CCCCOC(=O)N(Cc1ccc(-c2ccccc2-c2nn[nH]n2)cc1)[C@H](C(=O)OCc1ccccc1)C(C)C. The molecular weight excluding hydrogens is 506 g/mol. The van der Waals surface area contributed by atoms with Gasteiger partial charge in [0.05, 0.1) is 6.61 Å². The van der Waals surface area contributed by atoms with Gasteiger partial charge in [0.15, 0.2) is 0 Å². The van der Waals surface area contributed by atoms with E-state index in [0.717, 1.165) is 40.7 Å². The van der Waals surface area contributed by atoms with Crippen LogP contribution in [0.15, 0.2) is 78.9 Å². The minimum atomic E-state index is -0.809. The number of benzene rings is 3. The number of amides is 1. The normalized spacial score (nSPS) is 11.7. The van der Waals surface area contributed by atoms with Crippen LogP contribution in [0.25, 0.3) is 22.5 Å². The van der Waals surface area contributed by atoms with Crippen LogP contribution in [0.2, 0.25) is 0 Å². The second kappa shape index (κ2) is 14.0. The Labute approximate surface area is 234 Å². The predicted octanol–water partition coefficient (Wildman–Crippen LogP) is 6.04. The molecule has 0 aliphatic carbocycles. The third-order valence-corrected chi connectivity index (χ3v) is 6.52. The Kier molecular flexibility index (Phi) is 9.99. The number of tetrazole rings is 1. The van der Waals surface area contributed by atoms with Gasteiger partial charge >= 0.3 is 12.1 Å². The Morgan fingerprint density at radius 1 is 0.875 bits per heavy atom. The molecule has 1 aromatic heterocycles. The molecule has 3 aromatic carbocycles. The highest BCUT2D eigenvalue weighted by Crippen LogP contribution is 2.30. The first-order valence-corrected chi connectivity index (χ1v) is 13.5.